The molecular weight excluding hydrogens is 580 g/mol. The fraction of sp³-hybridized carbons (Fsp3) is 0.531. The Morgan fingerprint density at radius 3 is 2.75 bits per heavy atom. The van der Waals surface area contributed by atoms with Gasteiger partial charge in [0.15, 0.2) is 17.9 Å². The average molecular weight is 625 g/mol. The molecule has 0 spiro atoms. The number of β-amino-alcohol motifs (C(OH)–C–C–N with tert-alkyl or cyclic N) is 1. The largest absolute Gasteiger partial charge is 0.485 e. The number of carbonyl (C=O) groups excluding carboxylic acids is 2. The minimum Gasteiger partial charge on any atom is -0.485 e. The van der Waals surface area contributed by atoms with Gasteiger partial charge in [-0.15, -0.1) is 0 Å². The van der Waals surface area contributed by atoms with Gasteiger partial charge in [-0.1, -0.05) is 13.0 Å². The SMILES string of the molecule is CCCC(=O)N1CCC(Nc2cc(C(=O)CC[C@H](O)CN3CCc4c(ccc(OCc5cnco5)c4C)C3)ncn2)CC1.S. The summed E-state index contributed by atoms with van der Waals surface area (Å²) >= 11 is 0. The number of hydrogen-bond donors (Lipinski definition) is 2. The lowest BCUT2D eigenvalue weighted by atomic mass is 9.94. The number of nitrogens with zero attached hydrogens (tertiary/aromatic N) is 5. The van der Waals surface area contributed by atoms with Crippen LogP contribution in [-0.4, -0.2) is 79.9 Å². The van der Waals surface area contributed by atoms with Crippen molar-refractivity contribution in [3.05, 3.63) is 65.3 Å². The number of aliphatic hydroxyl groups is 1. The number of aromatic nitrogens is 3. The Balaban J connectivity index is 0.00000442. The summed E-state index contributed by atoms with van der Waals surface area (Å²) in [5.41, 5.74) is 4.01. The summed E-state index contributed by atoms with van der Waals surface area (Å²) in [5.74, 6) is 2.25. The van der Waals surface area contributed by atoms with Crippen LogP contribution in [0.5, 0.6) is 5.75 Å². The van der Waals surface area contributed by atoms with E-state index in [4.69, 9.17) is 9.15 Å². The number of Topliss-reactive ketones (excluding diaryl/α,β-unsaturated/α-hetero) is 1. The fourth-order valence-corrected chi connectivity index (χ4v) is 5.91. The number of oxazole rings is 1. The summed E-state index contributed by atoms with van der Waals surface area (Å²) in [6.45, 7) is 7.98. The molecule has 0 radical (unpaired) electrons. The molecule has 3 aromatic rings. The molecule has 11 nitrogen and oxygen atoms in total. The third-order valence-electron chi connectivity index (χ3n) is 8.36. The first-order valence-corrected chi connectivity index (χ1v) is 15.3. The van der Waals surface area contributed by atoms with Gasteiger partial charge in [0.1, 0.15) is 30.2 Å². The number of aliphatic hydroxyl groups excluding tert-OH is 1. The van der Waals surface area contributed by atoms with Gasteiger partial charge in [-0.05, 0) is 61.8 Å². The molecular formula is C32H44N6O5S. The van der Waals surface area contributed by atoms with Gasteiger partial charge >= 0.3 is 0 Å². The van der Waals surface area contributed by atoms with Crippen molar-refractivity contribution in [2.24, 2.45) is 0 Å². The molecule has 0 unspecified atom stereocenters. The summed E-state index contributed by atoms with van der Waals surface area (Å²) in [7, 11) is 0. The van der Waals surface area contributed by atoms with Crippen molar-refractivity contribution >= 4 is 31.0 Å². The molecule has 0 bridgehead atoms. The van der Waals surface area contributed by atoms with Crippen molar-refractivity contribution in [3.63, 3.8) is 0 Å². The minimum atomic E-state index is -0.615. The molecule has 0 saturated carbocycles. The third kappa shape index (κ3) is 8.80. The highest BCUT2D eigenvalue weighted by Crippen LogP contribution is 2.30. The van der Waals surface area contributed by atoms with Crippen molar-refractivity contribution in [1.82, 2.24) is 24.8 Å². The van der Waals surface area contributed by atoms with E-state index in [1.807, 2.05) is 17.9 Å². The van der Waals surface area contributed by atoms with Crippen molar-refractivity contribution in [2.45, 2.75) is 84.1 Å². The van der Waals surface area contributed by atoms with Gasteiger partial charge in [0.05, 0.1) is 12.3 Å². The Hall–Kier alpha value is -3.48. The highest BCUT2D eigenvalue weighted by atomic mass is 32.1. The number of ketones is 1. The zero-order valence-corrected chi connectivity index (χ0v) is 26.6. The summed E-state index contributed by atoms with van der Waals surface area (Å²) in [6.07, 6.45) is 8.43. The normalized spacial score (nSPS) is 16.1. The molecule has 2 aliphatic heterocycles. The van der Waals surface area contributed by atoms with E-state index in [1.165, 1.54) is 23.8 Å². The number of fused-ring (bicyclic) bond motifs is 1. The first-order chi connectivity index (χ1) is 20.9. The molecule has 2 aromatic heterocycles. The van der Waals surface area contributed by atoms with E-state index in [9.17, 15) is 14.7 Å². The number of nitrogens with one attached hydrogen (secondary N) is 1. The van der Waals surface area contributed by atoms with E-state index in [-0.39, 0.29) is 37.6 Å². The summed E-state index contributed by atoms with van der Waals surface area (Å²) in [6, 6.07) is 5.97. The maximum atomic E-state index is 12.9. The van der Waals surface area contributed by atoms with E-state index in [1.54, 1.807) is 12.3 Å². The van der Waals surface area contributed by atoms with Gasteiger partial charge in [0, 0.05) is 57.7 Å². The third-order valence-corrected chi connectivity index (χ3v) is 8.36. The molecule has 12 heteroatoms. The van der Waals surface area contributed by atoms with Crippen molar-refractivity contribution < 1.29 is 23.8 Å². The van der Waals surface area contributed by atoms with Crippen LogP contribution in [0.25, 0.3) is 0 Å². The predicted molar refractivity (Wildman–Crippen MR) is 171 cm³/mol. The Morgan fingerprint density at radius 1 is 1.18 bits per heavy atom. The summed E-state index contributed by atoms with van der Waals surface area (Å²) in [4.78, 5) is 41.6. The van der Waals surface area contributed by atoms with Gasteiger partial charge in [-0.2, -0.15) is 13.5 Å². The van der Waals surface area contributed by atoms with Crippen LogP contribution in [0.2, 0.25) is 0 Å². The van der Waals surface area contributed by atoms with Gasteiger partial charge in [-0.25, -0.2) is 15.0 Å². The van der Waals surface area contributed by atoms with E-state index in [0.29, 0.717) is 43.3 Å². The number of amides is 1. The molecule has 1 aromatic carbocycles. The summed E-state index contributed by atoms with van der Waals surface area (Å²) < 4.78 is 11.2. The molecule has 1 saturated heterocycles. The molecule has 2 aliphatic rings. The molecule has 4 heterocycles. The number of piperidine rings is 1. The Kier molecular flexibility index (Phi) is 12.2. The second kappa shape index (κ2) is 16.0. The maximum Gasteiger partial charge on any atom is 0.222 e. The van der Waals surface area contributed by atoms with Crippen LogP contribution in [-0.2, 0) is 24.4 Å². The molecule has 44 heavy (non-hydrogen) atoms. The lowest BCUT2D eigenvalue weighted by Gasteiger charge is -2.32. The van der Waals surface area contributed by atoms with E-state index in [2.05, 4.69) is 38.2 Å². The molecule has 0 aliphatic carbocycles. The lowest BCUT2D eigenvalue weighted by molar-refractivity contribution is -0.132. The van der Waals surface area contributed by atoms with Crippen LogP contribution >= 0.6 is 13.5 Å². The molecule has 238 valence electrons. The Bertz CT molecular complexity index is 1380. The number of benzene rings is 1. The molecule has 2 N–H and O–H groups in total. The second-order valence-electron chi connectivity index (χ2n) is 11.5. The van der Waals surface area contributed by atoms with Gasteiger partial charge in [0.2, 0.25) is 5.91 Å². The molecule has 1 fully saturated rings. The molecule has 1 amide bonds. The standard InChI is InChI=1S/C32H42N6O5.H2S/c1-3-4-32(41)38-13-9-24(10-14-38)36-31-15-28(34-20-35-31)29(40)7-6-25(39)18-37-12-11-27-22(2)30(8-5-23(27)17-37)42-19-26-16-33-21-43-26;/h5,8,15-16,20-21,24-25,39H,3-4,6-7,9-14,17-19H2,1-2H3,(H,34,35,36);1H2/t25-;/m0./s1. The Labute approximate surface area is 265 Å². The lowest BCUT2D eigenvalue weighted by Crippen LogP contribution is -2.42. The minimum absolute atomic E-state index is 0. The van der Waals surface area contributed by atoms with Gasteiger partial charge in [0.25, 0.3) is 0 Å². The number of carbonyl (C=O) groups is 2. The van der Waals surface area contributed by atoms with Gasteiger partial charge < -0.3 is 24.5 Å². The van der Waals surface area contributed by atoms with Crippen LogP contribution in [0.15, 0.2) is 41.5 Å². The number of anilines is 1. The van der Waals surface area contributed by atoms with Crippen LogP contribution in [0.4, 0.5) is 5.82 Å². The topological polar surface area (TPSA) is 134 Å². The number of ether oxygens (including phenoxy) is 1. The van der Waals surface area contributed by atoms with E-state index >= 15 is 0 Å². The quantitative estimate of drug-likeness (QED) is 0.268. The molecule has 5 rings (SSSR count). The number of rotatable bonds is 13. The number of hydrogen-bond acceptors (Lipinski definition) is 10. The van der Waals surface area contributed by atoms with Crippen molar-refractivity contribution in [2.75, 3.05) is 31.5 Å². The van der Waals surface area contributed by atoms with E-state index < -0.39 is 6.10 Å². The van der Waals surface area contributed by atoms with Crippen molar-refractivity contribution in [1.29, 1.82) is 0 Å². The number of likely N-dealkylation sites (tertiary alicyclic amines) is 1. The maximum absolute atomic E-state index is 12.9. The van der Waals surface area contributed by atoms with Gasteiger partial charge in [-0.3, -0.25) is 14.5 Å². The fourth-order valence-electron chi connectivity index (χ4n) is 5.91. The first kappa shape index (κ1) is 33.4. The smallest absolute Gasteiger partial charge is 0.222 e. The second-order valence-corrected chi connectivity index (χ2v) is 11.5. The van der Waals surface area contributed by atoms with E-state index in [0.717, 1.165) is 63.2 Å². The molecule has 1 atom stereocenters. The first-order valence-electron chi connectivity index (χ1n) is 15.3. The zero-order valence-electron chi connectivity index (χ0n) is 25.6. The highest BCUT2D eigenvalue weighted by molar-refractivity contribution is 7.59. The van der Waals surface area contributed by atoms with Crippen LogP contribution < -0.4 is 10.1 Å². The van der Waals surface area contributed by atoms with Crippen molar-refractivity contribution in [3.8, 4) is 5.75 Å². The zero-order chi connectivity index (χ0) is 30.2. The predicted octanol–water partition coefficient (Wildman–Crippen LogP) is 4.05. The summed E-state index contributed by atoms with van der Waals surface area (Å²) in [5, 5.41) is 14.2. The Morgan fingerprint density at radius 2 is 2.00 bits per heavy atom. The van der Waals surface area contributed by atoms with Crippen LogP contribution in [0.1, 0.15) is 78.4 Å². The highest BCUT2D eigenvalue weighted by Gasteiger charge is 2.24. The van der Waals surface area contributed by atoms with Crippen LogP contribution in [0.3, 0.4) is 0 Å². The monoisotopic (exact) mass is 624 g/mol. The van der Waals surface area contributed by atoms with Crippen LogP contribution in [0, 0.1) is 6.92 Å². The average Bonchev–Trinajstić information content (AvgIpc) is 3.54.